The predicted octanol–water partition coefficient (Wildman–Crippen LogP) is 5.10. The number of alkyl halides is 3. The van der Waals surface area contributed by atoms with Crippen LogP contribution in [-0.2, 0) is 12.7 Å². The highest BCUT2D eigenvalue weighted by molar-refractivity contribution is 6.04. The minimum atomic E-state index is -4.49. The van der Waals surface area contributed by atoms with E-state index in [1.54, 1.807) is 18.2 Å². The van der Waals surface area contributed by atoms with E-state index in [0.29, 0.717) is 12.4 Å². The molecule has 0 radical (unpaired) electrons. The van der Waals surface area contributed by atoms with Crippen LogP contribution in [0.1, 0.15) is 21.5 Å². The molecule has 3 rings (SSSR count). The van der Waals surface area contributed by atoms with E-state index in [9.17, 15) is 22.4 Å². The van der Waals surface area contributed by atoms with Crippen molar-refractivity contribution in [2.24, 2.45) is 0 Å². The van der Waals surface area contributed by atoms with Crippen LogP contribution in [0.15, 0.2) is 66.9 Å². The lowest BCUT2D eigenvalue weighted by molar-refractivity contribution is -0.137. The monoisotopic (exact) mass is 389 g/mol. The fraction of sp³-hybridized carbons (Fsp3) is 0.100. The van der Waals surface area contributed by atoms with Gasteiger partial charge in [-0.1, -0.05) is 18.2 Å². The Kier molecular flexibility index (Phi) is 5.58. The quantitative estimate of drug-likeness (QED) is 0.597. The van der Waals surface area contributed by atoms with Gasteiger partial charge in [-0.05, 0) is 48.0 Å². The molecule has 0 bridgehead atoms. The van der Waals surface area contributed by atoms with Gasteiger partial charge in [-0.3, -0.25) is 4.79 Å². The van der Waals surface area contributed by atoms with Crippen LogP contribution in [0.25, 0.3) is 0 Å². The van der Waals surface area contributed by atoms with Gasteiger partial charge in [-0.25, -0.2) is 9.37 Å². The summed E-state index contributed by atoms with van der Waals surface area (Å²) in [5.41, 5.74) is 0.251. The van der Waals surface area contributed by atoms with Crippen LogP contribution in [0.4, 0.5) is 29.1 Å². The molecule has 0 atom stereocenters. The number of aromatic nitrogens is 1. The van der Waals surface area contributed by atoms with E-state index in [4.69, 9.17) is 0 Å². The van der Waals surface area contributed by atoms with E-state index in [0.717, 1.165) is 17.7 Å². The highest BCUT2D eigenvalue weighted by atomic mass is 19.4. The Hall–Kier alpha value is -3.42. The molecule has 144 valence electrons. The van der Waals surface area contributed by atoms with Crippen molar-refractivity contribution in [1.82, 2.24) is 4.98 Å². The molecular formula is C20H15F4N3O. The summed E-state index contributed by atoms with van der Waals surface area (Å²) in [4.78, 5) is 16.3. The Labute approximate surface area is 158 Å². The van der Waals surface area contributed by atoms with Crippen LogP contribution in [0.3, 0.4) is 0 Å². The van der Waals surface area contributed by atoms with E-state index in [-0.39, 0.29) is 17.1 Å². The lowest BCUT2D eigenvalue weighted by atomic mass is 10.2. The number of nitrogens with one attached hydrogen (secondary N) is 2. The minimum absolute atomic E-state index is 0.0401. The number of hydrogen-bond donors (Lipinski definition) is 2. The second kappa shape index (κ2) is 8.08. The van der Waals surface area contributed by atoms with Crippen molar-refractivity contribution >= 4 is 17.4 Å². The lowest BCUT2D eigenvalue weighted by Gasteiger charge is -2.10. The van der Waals surface area contributed by atoms with Crippen LogP contribution in [0, 0.1) is 5.82 Å². The van der Waals surface area contributed by atoms with Gasteiger partial charge in [0.15, 0.2) is 0 Å². The number of halogens is 4. The molecule has 0 aliphatic rings. The molecule has 2 N–H and O–H groups in total. The van der Waals surface area contributed by atoms with E-state index < -0.39 is 17.6 Å². The zero-order chi connectivity index (χ0) is 20.1. The molecule has 0 saturated heterocycles. The number of anilines is 2. The molecule has 28 heavy (non-hydrogen) atoms. The standard InChI is InChI=1S/C20H15F4N3O/c21-16-7-4-13(5-8-16)11-25-18-9-6-14(12-26-18)19(28)27-17-3-1-2-15(10-17)20(22,23)24/h1-10,12H,11H2,(H,25,26)(H,27,28). The van der Waals surface area contributed by atoms with E-state index in [2.05, 4.69) is 15.6 Å². The Morgan fingerprint density at radius 2 is 1.75 bits per heavy atom. The third kappa shape index (κ3) is 5.06. The van der Waals surface area contributed by atoms with E-state index in [1.165, 1.54) is 36.5 Å². The normalized spacial score (nSPS) is 11.1. The molecule has 0 spiro atoms. The van der Waals surface area contributed by atoms with Crippen LogP contribution in [-0.4, -0.2) is 10.9 Å². The second-order valence-corrected chi connectivity index (χ2v) is 5.94. The van der Waals surface area contributed by atoms with Crippen LogP contribution < -0.4 is 10.6 Å². The minimum Gasteiger partial charge on any atom is -0.366 e. The first kappa shape index (κ1) is 19.3. The summed E-state index contributed by atoms with van der Waals surface area (Å²) < 4.78 is 51.1. The zero-order valence-corrected chi connectivity index (χ0v) is 14.4. The van der Waals surface area contributed by atoms with Gasteiger partial charge in [0.1, 0.15) is 11.6 Å². The van der Waals surface area contributed by atoms with Gasteiger partial charge in [0.05, 0.1) is 11.1 Å². The summed E-state index contributed by atoms with van der Waals surface area (Å²) in [5, 5.41) is 5.45. The Morgan fingerprint density at radius 3 is 2.39 bits per heavy atom. The van der Waals surface area contributed by atoms with Gasteiger partial charge in [0, 0.05) is 18.4 Å². The SMILES string of the molecule is O=C(Nc1cccc(C(F)(F)F)c1)c1ccc(NCc2ccc(F)cc2)nc1. The third-order valence-corrected chi connectivity index (χ3v) is 3.86. The molecule has 1 heterocycles. The van der Waals surface area contributed by atoms with Gasteiger partial charge in [-0.2, -0.15) is 13.2 Å². The Morgan fingerprint density at radius 1 is 1.00 bits per heavy atom. The third-order valence-electron chi connectivity index (χ3n) is 3.86. The average molecular weight is 389 g/mol. The lowest BCUT2D eigenvalue weighted by Crippen LogP contribution is -2.13. The van der Waals surface area contributed by atoms with Crippen molar-refractivity contribution in [1.29, 1.82) is 0 Å². The van der Waals surface area contributed by atoms with E-state index in [1.807, 2.05) is 0 Å². The van der Waals surface area contributed by atoms with Crippen LogP contribution >= 0.6 is 0 Å². The van der Waals surface area contributed by atoms with Crippen molar-refractivity contribution in [3.63, 3.8) is 0 Å². The van der Waals surface area contributed by atoms with Gasteiger partial charge >= 0.3 is 6.18 Å². The summed E-state index contributed by atoms with van der Waals surface area (Å²) in [6.45, 7) is 0.420. The molecule has 2 aromatic carbocycles. The number of carbonyl (C=O) groups is 1. The summed E-state index contributed by atoms with van der Waals surface area (Å²) >= 11 is 0. The molecule has 8 heteroatoms. The summed E-state index contributed by atoms with van der Waals surface area (Å²) in [6.07, 6.45) is -3.17. The maximum atomic E-state index is 12.9. The molecule has 0 fully saturated rings. The molecule has 3 aromatic rings. The van der Waals surface area contributed by atoms with Crippen molar-refractivity contribution < 1.29 is 22.4 Å². The topological polar surface area (TPSA) is 54.0 Å². The molecule has 0 aliphatic heterocycles. The number of pyridine rings is 1. The fourth-order valence-electron chi connectivity index (χ4n) is 2.40. The van der Waals surface area contributed by atoms with Crippen LogP contribution in [0.2, 0.25) is 0 Å². The number of benzene rings is 2. The molecule has 0 saturated carbocycles. The Bertz CT molecular complexity index is 954. The van der Waals surface area contributed by atoms with Crippen molar-refractivity contribution in [2.75, 3.05) is 10.6 Å². The van der Waals surface area contributed by atoms with Crippen molar-refractivity contribution in [2.45, 2.75) is 12.7 Å². The zero-order valence-electron chi connectivity index (χ0n) is 14.4. The molecule has 0 unspecified atom stereocenters. The number of hydrogen-bond acceptors (Lipinski definition) is 3. The molecule has 1 aromatic heterocycles. The summed E-state index contributed by atoms with van der Waals surface area (Å²) in [6, 6.07) is 13.4. The van der Waals surface area contributed by atoms with E-state index >= 15 is 0 Å². The fourth-order valence-corrected chi connectivity index (χ4v) is 2.40. The average Bonchev–Trinajstić information content (AvgIpc) is 2.67. The number of nitrogens with zero attached hydrogens (tertiary/aromatic N) is 1. The highest BCUT2D eigenvalue weighted by Crippen LogP contribution is 2.30. The number of carbonyl (C=O) groups excluding carboxylic acids is 1. The first-order valence-corrected chi connectivity index (χ1v) is 8.24. The maximum Gasteiger partial charge on any atom is 0.416 e. The summed E-state index contributed by atoms with van der Waals surface area (Å²) in [7, 11) is 0. The second-order valence-electron chi connectivity index (χ2n) is 5.94. The highest BCUT2D eigenvalue weighted by Gasteiger charge is 2.30. The van der Waals surface area contributed by atoms with Crippen LogP contribution in [0.5, 0.6) is 0 Å². The van der Waals surface area contributed by atoms with Crippen molar-refractivity contribution in [3.05, 3.63) is 89.4 Å². The van der Waals surface area contributed by atoms with Gasteiger partial charge < -0.3 is 10.6 Å². The number of rotatable bonds is 5. The largest absolute Gasteiger partial charge is 0.416 e. The van der Waals surface area contributed by atoms with Gasteiger partial charge in [0.25, 0.3) is 5.91 Å². The number of amides is 1. The maximum absolute atomic E-state index is 12.9. The molecule has 0 aliphatic carbocycles. The summed E-state index contributed by atoms with van der Waals surface area (Å²) in [5.74, 6) is -0.394. The first-order valence-electron chi connectivity index (χ1n) is 8.24. The molecular weight excluding hydrogens is 374 g/mol. The van der Waals surface area contributed by atoms with Crippen molar-refractivity contribution in [3.8, 4) is 0 Å². The van der Waals surface area contributed by atoms with Gasteiger partial charge in [-0.15, -0.1) is 0 Å². The molecule has 4 nitrogen and oxygen atoms in total. The smallest absolute Gasteiger partial charge is 0.366 e. The first-order chi connectivity index (χ1) is 13.3. The predicted molar refractivity (Wildman–Crippen MR) is 97.4 cm³/mol. The Balaban J connectivity index is 1.61. The molecule has 1 amide bonds. The van der Waals surface area contributed by atoms with Gasteiger partial charge in [0.2, 0.25) is 0 Å².